The van der Waals surface area contributed by atoms with E-state index in [4.69, 9.17) is 0 Å². The van der Waals surface area contributed by atoms with Crippen molar-refractivity contribution in [2.24, 2.45) is 5.92 Å². The summed E-state index contributed by atoms with van der Waals surface area (Å²) in [5.74, 6) is 0.619. The van der Waals surface area contributed by atoms with E-state index in [0.717, 1.165) is 13.1 Å². The Balaban J connectivity index is 2.08. The van der Waals surface area contributed by atoms with Gasteiger partial charge in [-0.2, -0.15) is 0 Å². The van der Waals surface area contributed by atoms with Crippen molar-refractivity contribution in [1.82, 2.24) is 5.32 Å². The minimum absolute atomic E-state index is 0.140. The van der Waals surface area contributed by atoms with Crippen LogP contribution in [0.1, 0.15) is 19.8 Å². The first kappa shape index (κ1) is 13.4. The van der Waals surface area contributed by atoms with E-state index in [2.05, 4.69) is 48.5 Å². The molecule has 1 aliphatic carbocycles. The molecule has 1 saturated carbocycles. The number of likely N-dealkylation sites (N-methyl/N-ethyl adjacent to an activating group) is 2. The number of benzene rings is 1. The Morgan fingerprint density at radius 2 is 2.00 bits per heavy atom. The van der Waals surface area contributed by atoms with E-state index in [1.165, 1.54) is 18.5 Å². The zero-order valence-electron chi connectivity index (χ0n) is 11.4. The zero-order chi connectivity index (χ0) is 13.0. The molecule has 3 nitrogen and oxygen atoms in total. The van der Waals surface area contributed by atoms with Gasteiger partial charge in [0.15, 0.2) is 0 Å². The SMILES string of the molecule is CCNC(CO)(CN(C)c1ccccc1)C1CC1. The standard InChI is InChI=1S/C15H24N2O/c1-3-16-15(12-18,13-9-10-13)11-17(2)14-7-5-4-6-8-14/h4-8,13,16,18H,3,9-12H2,1-2H3. The fourth-order valence-corrected chi connectivity index (χ4v) is 2.75. The normalized spacial score (nSPS) is 18.4. The number of para-hydroxylation sites is 1. The molecule has 0 amide bonds. The average Bonchev–Trinajstić information content (AvgIpc) is 3.24. The number of rotatable bonds is 7. The predicted octanol–water partition coefficient (Wildman–Crippen LogP) is 1.87. The Kier molecular flexibility index (Phi) is 4.25. The van der Waals surface area contributed by atoms with Crippen molar-refractivity contribution in [1.29, 1.82) is 0 Å². The van der Waals surface area contributed by atoms with Crippen LogP contribution in [0.4, 0.5) is 5.69 Å². The summed E-state index contributed by atoms with van der Waals surface area (Å²) < 4.78 is 0. The Bertz CT molecular complexity index is 364. The lowest BCUT2D eigenvalue weighted by Crippen LogP contribution is -2.57. The third-order valence-electron chi connectivity index (χ3n) is 3.89. The van der Waals surface area contributed by atoms with Crippen LogP contribution in [0.15, 0.2) is 30.3 Å². The van der Waals surface area contributed by atoms with Gasteiger partial charge in [-0.25, -0.2) is 0 Å². The van der Waals surface area contributed by atoms with Gasteiger partial charge >= 0.3 is 0 Å². The highest BCUT2D eigenvalue weighted by atomic mass is 16.3. The molecule has 1 unspecified atom stereocenters. The summed E-state index contributed by atoms with van der Waals surface area (Å²) in [6.45, 7) is 4.07. The monoisotopic (exact) mass is 248 g/mol. The van der Waals surface area contributed by atoms with Crippen molar-refractivity contribution in [2.45, 2.75) is 25.3 Å². The van der Waals surface area contributed by atoms with Gasteiger partial charge in [-0.1, -0.05) is 25.1 Å². The van der Waals surface area contributed by atoms with Crippen LogP contribution in [0.5, 0.6) is 0 Å². The van der Waals surface area contributed by atoms with Crippen LogP contribution in [0.25, 0.3) is 0 Å². The molecule has 0 aromatic heterocycles. The first-order valence-electron chi connectivity index (χ1n) is 6.84. The van der Waals surface area contributed by atoms with Gasteiger partial charge in [-0.3, -0.25) is 0 Å². The van der Waals surface area contributed by atoms with E-state index in [9.17, 15) is 5.11 Å². The van der Waals surface area contributed by atoms with Gasteiger partial charge in [0.05, 0.1) is 12.1 Å². The molecule has 0 spiro atoms. The molecule has 0 aliphatic heterocycles. The molecule has 1 atom stereocenters. The molecule has 100 valence electrons. The minimum atomic E-state index is -0.140. The molecule has 0 bridgehead atoms. The summed E-state index contributed by atoms with van der Waals surface area (Å²) in [4.78, 5) is 2.23. The van der Waals surface area contributed by atoms with E-state index >= 15 is 0 Å². The summed E-state index contributed by atoms with van der Waals surface area (Å²) in [5.41, 5.74) is 1.06. The average molecular weight is 248 g/mol. The maximum atomic E-state index is 9.82. The molecular weight excluding hydrogens is 224 g/mol. The molecular formula is C15H24N2O. The Hall–Kier alpha value is -1.06. The van der Waals surface area contributed by atoms with Gasteiger partial charge in [-0.05, 0) is 37.4 Å². The van der Waals surface area contributed by atoms with Crippen LogP contribution in [-0.2, 0) is 0 Å². The maximum Gasteiger partial charge on any atom is 0.0633 e. The van der Waals surface area contributed by atoms with Gasteiger partial charge in [0.25, 0.3) is 0 Å². The predicted molar refractivity (Wildman–Crippen MR) is 75.9 cm³/mol. The van der Waals surface area contributed by atoms with Gasteiger partial charge in [0, 0.05) is 19.3 Å². The molecule has 2 rings (SSSR count). The number of aliphatic hydroxyl groups is 1. The molecule has 1 aromatic rings. The third-order valence-corrected chi connectivity index (χ3v) is 3.89. The number of anilines is 1. The number of nitrogens with zero attached hydrogens (tertiary/aromatic N) is 1. The van der Waals surface area contributed by atoms with E-state index < -0.39 is 0 Å². The van der Waals surface area contributed by atoms with Crippen LogP contribution < -0.4 is 10.2 Å². The minimum Gasteiger partial charge on any atom is -0.394 e. The number of hydrogen-bond donors (Lipinski definition) is 2. The topological polar surface area (TPSA) is 35.5 Å². The molecule has 2 N–H and O–H groups in total. The number of hydrogen-bond acceptors (Lipinski definition) is 3. The smallest absolute Gasteiger partial charge is 0.0633 e. The molecule has 0 saturated heterocycles. The first-order valence-corrected chi connectivity index (χ1v) is 6.84. The van der Waals surface area contributed by atoms with Crippen LogP contribution in [0, 0.1) is 5.92 Å². The Morgan fingerprint density at radius 3 is 2.50 bits per heavy atom. The summed E-state index contributed by atoms with van der Waals surface area (Å²) in [6.07, 6.45) is 2.46. The Morgan fingerprint density at radius 1 is 1.33 bits per heavy atom. The van der Waals surface area contributed by atoms with Crippen molar-refractivity contribution >= 4 is 5.69 Å². The largest absolute Gasteiger partial charge is 0.394 e. The second-order valence-corrected chi connectivity index (χ2v) is 5.31. The second kappa shape index (κ2) is 5.72. The Labute approximate surface area is 110 Å². The van der Waals surface area contributed by atoms with E-state index in [0.29, 0.717) is 5.92 Å². The molecule has 1 aliphatic rings. The summed E-state index contributed by atoms with van der Waals surface area (Å²) in [5, 5.41) is 13.3. The van der Waals surface area contributed by atoms with Gasteiger partial charge in [-0.15, -0.1) is 0 Å². The fraction of sp³-hybridized carbons (Fsp3) is 0.600. The van der Waals surface area contributed by atoms with Crippen molar-refractivity contribution in [3.63, 3.8) is 0 Å². The lowest BCUT2D eigenvalue weighted by molar-refractivity contribution is 0.146. The molecule has 1 aromatic carbocycles. The second-order valence-electron chi connectivity index (χ2n) is 5.31. The zero-order valence-corrected chi connectivity index (χ0v) is 11.4. The van der Waals surface area contributed by atoms with Crippen molar-refractivity contribution in [3.8, 4) is 0 Å². The quantitative estimate of drug-likeness (QED) is 0.773. The van der Waals surface area contributed by atoms with Crippen molar-refractivity contribution < 1.29 is 5.11 Å². The highest BCUT2D eigenvalue weighted by Gasteiger charge is 2.44. The van der Waals surface area contributed by atoms with E-state index in [1.54, 1.807) is 0 Å². The molecule has 0 heterocycles. The van der Waals surface area contributed by atoms with Crippen molar-refractivity contribution in [2.75, 3.05) is 31.6 Å². The number of nitrogens with one attached hydrogen (secondary N) is 1. The summed E-state index contributed by atoms with van der Waals surface area (Å²) in [6, 6.07) is 10.4. The summed E-state index contributed by atoms with van der Waals surface area (Å²) in [7, 11) is 2.10. The van der Waals surface area contributed by atoms with Gasteiger partial charge < -0.3 is 15.3 Å². The third kappa shape index (κ3) is 2.85. The van der Waals surface area contributed by atoms with Crippen LogP contribution in [0.3, 0.4) is 0 Å². The van der Waals surface area contributed by atoms with E-state index in [1.807, 2.05) is 6.07 Å². The highest BCUT2D eigenvalue weighted by molar-refractivity contribution is 5.45. The summed E-state index contributed by atoms with van der Waals surface area (Å²) >= 11 is 0. The van der Waals surface area contributed by atoms with Crippen LogP contribution in [-0.4, -0.2) is 37.4 Å². The lowest BCUT2D eigenvalue weighted by atomic mass is 9.93. The molecule has 3 heteroatoms. The highest BCUT2D eigenvalue weighted by Crippen LogP contribution is 2.40. The van der Waals surface area contributed by atoms with Gasteiger partial charge in [0.2, 0.25) is 0 Å². The molecule has 1 fully saturated rings. The van der Waals surface area contributed by atoms with Gasteiger partial charge in [0.1, 0.15) is 0 Å². The fourth-order valence-electron chi connectivity index (χ4n) is 2.75. The van der Waals surface area contributed by atoms with Crippen LogP contribution in [0.2, 0.25) is 0 Å². The molecule has 18 heavy (non-hydrogen) atoms. The van der Waals surface area contributed by atoms with Crippen molar-refractivity contribution in [3.05, 3.63) is 30.3 Å². The number of aliphatic hydroxyl groups excluding tert-OH is 1. The van der Waals surface area contributed by atoms with E-state index in [-0.39, 0.29) is 12.1 Å². The molecule has 0 radical (unpaired) electrons. The lowest BCUT2D eigenvalue weighted by Gasteiger charge is -2.37. The van der Waals surface area contributed by atoms with Crippen LogP contribution >= 0.6 is 0 Å². The maximum absolute atomic E-state index is 9.82. The first-order chi connectivity index (χ1) is 8.72.